The first-order valence-corrected chi connectivity index (χ1v) is 13.9. The number of sulfonamides is 1. The van der Waals surface area contributed by atoms with Crippen molar-refractivity contribution in [2.75, 3.05) is 19.6 Å². The number of carbonyl (C=O) groups is 2. The minimum Gasteiger partial charge on any atom is -0.384 e. The summed E-state index contributed by atoms with van der Waals surface area (Å²) in [6.07, 6.45) is 3.23. The van der Waals surface area contributed by atoms with Crippen LogP contribution in [-0.4, -0.2) is 50.5 Å². The molecular formula is C28H32N4O4S. The number of hydrogen-bond donors (Lipinski definition) is 3. The molecule has 8 nitrogen and oxygen atoms in total. The average molecular weight is 521 g/mol. The first kappa shape index (κ1) is 26.5. The molecular weight excluding hydrogens is 488 g/mol. The Balaban J connectivity index is 1.45. The van der Waals surface area contributed by atoms with Gasteiger partial charge in [-0.15, -0.1) is 0 Å². The second kappa shape index (κ2) is 11.7. The van der Waals surface area contributed by atoms with Crippen molar-refractivity contribution >= 4 is 38.3 Å². The second-order valence-corrected chi connectivity index (χ2v) is 11.2. The van der Waals surface area contributed by atoms with Gasteiger partial charge >= 0.3 is 0 Å². The second-order valence-electron chi connectivity index (χ2n) is 9.47. The SMILES string of the molecule is N=C(N)c1ccc(CC(CC(=O)CNS(=O)(=O)c2ccc3ccccc3c2)C(=O)N2CCCCC2)cc1. The summed E-state index contributed by atoms with van der Waals surface area (Å²) >= 11 is 0. The van der Waals surface area contributed by atoms with Gasteiger partial charge in [0.2, 0.25) is 15.9 Å². The summed E-state index contributed by atoms with van der Waals surface area (Å²) in [7, 11) is -3.89. The van der Waals surface area contributed by atoms with E-state index in [-0.39, 0.29) is 35.4 Å². The first-order valence-electron chi connectivity index (χ1n) is 12.5. The third kappa shape index (κ3) is 6.81. The Morgan fingerprint density at radius 1 is 0.946 bits per heavy atom. The molecule has 1 amide bonds. The van der Waals surface area contributed by atoms with Gasteiger partial charge in [0.25, 0.3) is 0 Å². The molecule has 37 heavy (non-hydrogen) atoms. The Bertz CT molecular complexity index is 1400. The molecule has 4 rings (SSSR count). The lowest BCUT2D eigenvalue weighted by molar-refractivity contribution is -0.138. The molecule has 0 saturated carbocycles. The summed E-state index contributed by atoms with van der Waals surface area (Å²) in [6, 6.07) is 19.3. The van der Waals surface area contributed by atoms with E-state index in [0.717, 1.165) is 35.6 Å². The lowest BCUT2D eigenvalue weighted by Gasteiger charge is -2.30. The molecule has 1 saturated heterocycles. The number of nitrogens with two attached hydrogens (primary N) is 1. The van der Waals surface area contributed by atoms with Gasteiger partial charge in [0.05, 0.1) is 11.4 Å². The number of hydrogen-bond acceptors (Lipinski definition) is 5. The topological polar surface area (TPSA) is 133 Å². The van der Waals surface area contributed by atoms with Crippen LogP contribution in [0.15, 0.2) is 71.6 Å². The zero-order valence-corrected chi connectivity index (χ0v) is 21.5. The number of nitrogens with one attached hydrogen (secondary N) is 2. The van der Waals surface area contributed by atoms with Gasteiger partial charge in [0, 0.05) is 31.0 Å². The molecule has 9 heteroatoms. The minimum atomic E-state index is -3.89. The molecule has 1 aliphatic heterocycles. The summed E-state index contributed by atoms with van der Waals surface area (Å²) in [6.45, 7) is 0.949. The third-order valence-electron chi connectivity index (χ3n) is 6.73. The number of amidine groups is 1. The fourth-order valence-corrected chi connectivity index (χ4v) is 5.71. The molecule has 194 valence electrons. The quantitative estimate of drug-likeness (QED) is 0.279. The van der Waals surface area contributed by atoms with E-state index in [9.17, 15) is 18.0 Å². The van der Waals surface area contributed by atoms with Crippen molar-refractivity contribution in [3.05, 3.63) is 77.9 Å². The van der Waals surface area contributed by atoms with Crippen LogP contribution < -0.4 is 10.5 Å². The van der Waals surface area contributed by atoms with E-state index in [1.165, 1.54) is 6.07 Å². The van der Waals surface area contributed by atoms with Crippen molar-refractivity contribution in [3.63, 3.8) is 0 Å². The molecule has 1 aliphatic rings. The highest BCUT2D eigenvalue weighted by atomic mass is 32.2. The molecule has 4 N–H and O–H groups in total. The van der Waals surface area contributed by atoms with E-state index in [0.29, 0.717) is 25.1 Å². The van der Waals surface area contributed by atoms with Crippen LogP contribution in [0.3, 0.4) is 0 Å². The van der Waals surface area contributed by atoms with Crippen LogP contribution in [0, 0.1) is 11.3 Å². The Labute approximate surface area is 217 Å². The van der Waals surface area contributed by atoms with E-state index in [2.05, 4.69) is 4.72 Å². The molecule has 3 aromatic carbocycles. The van der Waals surface area contributed by atoms with Crippen molar-refractivity contribution in [2.45, 2.75) is 37.0 Å². The van der Waals surface area contributed by atoms with E-state index < -0.39 is 15.9 Å². The van der Waals surface area contributed by atoms with Crippen molar-refractivity contribution in [3.8, 4) is 0 Å². The van der Waals surface area contributed by atoms with Gasteiger partial charge in [-0.3, -0.25) is 15.0 Å². The Morgan fingerprint density at radius 2 is 1.62 bits per heavy atom. The van der Waals surface area contributed by atoms with Crippen LogP contribution in [-0.2, 0) is 26.0 Å². The van der Waals surface area contributed by atoms with E-state index in [4.69, 9.17) is 11.1 Å². The Morgan fingerprint density at radius 3 is 2.30 bits per heavy atom. The molecule has 1 unspecified atom stereocenters. The van der Waals surface area contributed by atoms with Crippen molar-refractivity contribution in [1.82, 2.24) is 9.62 Å². The number of benzene rings is 3. The predicted molar refractivity (Wildman–Crippen MR) is 144 cm³/mol. The van der Waals surface area contributed by atoms with E-state index in [1.54, 1.807) is 36.4 Å². The maximum absolute atomic E-state index is 13.3. The van der Waals surface area contributed by atoms with Gasteiger partial charge < -0.3 is 10.6 Å². The molecule has 0 radical (unpaired) electrons. The smallest absolute Gasteiger partial charge is 0.240 e. The number of rotatable bonds is 10. The van der Waals surface area contributed by atoms with Crippen LogP contribution in [0.2, 0.25) is 0 Å². The monoisotopic (exact) mass is 520 g/mol. The first-order chi connectivity index (χ1) is 17.7. The summed E-state index contributed by atoms with van der Waals surface area (Å²) < 4.78 is 28.1. The third-order valence-corrected chi connectivity index (χ3v) is 8.13. The van der Waals surface area contributed by atoms with Crippen LogP contribution in [0.25, 0.3) is 10.8 Å². The maximum atomic E-state index is 13.3. The molecule has 1 atom stereocenters. The molecule has 0 aliphatic carbocycles. The molecule has 1 fully saturated rings. The largest absolute Gasteiger partial charge is 0.384 e. The number of fused-ring (bicyclic) bond motifs is 1. The van der Waals surface area contributed by atoms with E-state index >= 15 is 0 Å². The highest BCUT2D eigenvalue weighted by Crippen LogP contribution is 2.21. The van der Waals surface area contributed by atoms with Gasteiger partial charge in [-0.1, -0.05) is 54.6 Å². The maximum Gasteiger partial charge on any atom is 0.240 e. The highest BCUT2D eigenvalue weighted by Gasteiger charge is 2.28. The number of likely N-dealkylation sites (tertiary alicyclic amines) is 1. The summed E-state index contributed by atoms with van der Waals surface area (Å²) in [5, 5.41) is 9.27. The zero-order valence-electron chi connectivity index (χ0n) is 20.7. The number of nitrogen functional groups attached to an aromatic ring is 1. The minimum absolute atomic E-state index is 0.0404. The molecule has 3 aromatic rings. The fourth-order valence-electron chi connectivity index (χ4n) is 4.66. The van der Waals surface area contributed by atoms with Crippen molar-refractivity contribution in [1.29, 1.82) is 5.41 Å². The van der Waals surface area contributed by atoms with Gasteiger partial charge in [-0.25, -0.2) is 13.1 Å². The van der Waals surface area contributed by atoms with Crippen LogP contribution in [0.4, 0.5) is 0 Å². The van der Waals surface area contributed by atoms with Crippen LogP contribution >= 0.6 is 0 Å². The van der Waals surface area contributed by atoms with Gasteiger partial charge in [0.15, 0.2) is 0 Å². The van der Waals surface area contributed by atoms with Gasteiger partial charge in [-0.2, -0.15) is 0 Å². The standard InChI is InChI=1S/C28H32N4O4S/c29-27(30)22-10-8-20(9-11-22)16-24(28(34)32-14-4-1-5-15-32)17-25(33)19-31-37(35,36)26-13-12-21-6-2-3-7-23(21)18-26/h2-3,6-13,18,24,31H,1,4-5,14-17,19H2,(H3,29,30). The van der Waals surface area contributed by atoms with Crippen LogP contribution in [0.5, 0.6) is 0 Å². The van der Waals surface area contributed by atoms with E-state index in [1.807, 2.05) is 29.2 Å². The summed E-state index contributed by atoms with van der Waals surface area (Å²) in [5.41, 5.74) is 6.97. The Hall–Kier alpha value is -3.56. The van der Waals surface area contributed by atoms with Gasteiger partial charge in [-0.05, 0) is 54.2 Å². The normalized spacial score (nSPS) is 14.9. The summed E-state index contributed by atoms with van der Waals surface area (Å²) in [4.78, 5) is 28.2. The molecule has 0 spiro atoms. The molecule has 0 bridgehead atoms. The number of nitrogens with zero attached hydrogens (tertiary/aromatic N) is 1. The highest BCUT2D eigenvalue weighted by molar-refractivity contribution is 7.89. The lowest BCUT2D eigenvalue weighted by Crippen LogP contribution is -2.41. The number of carbonyl (C=O) groups excluding carboxylic acids is 2. The fraction of sp³-hybridized carbons (Fsp3) is 0.321. The number of ketones is 1. The van der Waals surface area contributed by atoms with Crippen molar-refractivity contribution in [2.24, 2.45) is 11.7 Å². The number of piperidine rings is 1. The number of Topliss-reactive ketones (excluding diaryl/α,β-unsaturated/α-hetero) is 1. The average Bonchev–Trinajstić information content (AvgIpc) is 2.91. The molecule has 1 heterocycles. The lowest BCUT2D eigenvalue weighted by atomic mass is 9.91. The Kier molecular flexibility index (Phi) is 8.35. The number of amides is 1. The molecule has 0 aromatic heterocycles. The van der Waals surface area contributed by atoms with Crippen molar-refractivity contribution < 1.29 is 18.0 Å². The van der Waals surface area contributed by atoms with Gasteiger partial charge in [0.1, 0.15) is 11.6 Å². The van der Waals surface area contributed by atoms with Crippen LogP contribution in [0.1, 0.15) is 36.8 Å². The predicted octanol–water partition coefficient (Wildman–Crippen LogP) is 3.23. The zero-order chi connectivity index (χ0) is 26.4. The summed E-state index contributed by atoms with van der Waals surface area (Å²) in [5.74, 6) is -1.07.